The lowest BCUT2D eigenvalue weighted by atomic mass is 10.0. The van der Waals surface area contributed by atoms with Crippen molar-refractivity contribution in [2.24, 2.45) is 0 Å². The molecule has 0 radical (unpaired) electrons. The number of hydrogen-bond acceptors (Lipinski definition) is 4. The van der Waals surface area contributed by atoms with Gasteiger partial charge in [-0.2, -0.15) is 0 Å². The van der Waals surface area contributed by atoms with Gasteiger partial charge in [-0.1, -0.05) is 42.5 Å². The Labute approximate surface area is 178 Å². The van der Waals surface area contributed by atoms with Gasteiger partial charge in [0.05, 0.1) is 19.3 Å². The summed E-state index contributed by atoms with van der Waals surface area (Å²) in [6.45, 7) is 3.75. The van der Waals surface area contributed by atoms with E-state index < -0.39 is 0 Å². The summed E-state index contributed by atoms with van der Waals surface area (Å²) < 4.78 is 5.54. The third kappa shape index (κ3) is 4.64. The van der Waals surface area contributed by atoms with Gasteiger partial charge in [-0.05, 0) is 40.6 Å². The number of nitrogens with zero attached hydrogens (tertiary/aromatic N) is 2. The molecule has 0 spiro atoms. The van der Waals surface area contributed by atoms with Gasteiger partial charge < -0.3 is 15.0 Å². The molecule has 1 amide bonds. The van der Waals surface area contributed by atoms with Crippen molar-refractivity contribution in [2.75, 3.05) is 51.8 Å². The molecule has 30 heavy (non-hydrogen) atoms. The molecule has 0 aliphatic carbocycles. The molecule has 0 bridgehead atoms. The molecular weight excluding hydrogens is 374 g/mol. The fourth-order valence-corrected chi connectivity index (χ4v) is 3.96. The maximum absolute atomic E-state index is 12.9. The minimum Gasteiger partial charge on any atom is -0.379 e. The summed E-state index contributed by atoms with van der Waals surface area (Å²) in [5, 5.41) is 5.38. The standard InChI is InChI=1S/C25H29N3O2/c1-27(2)23-11-9-20(10-12-23)24(28-13-15-30-16-14-28)18-26-25(29)22-8-7-19-5-3-4-6-21(19)17-22/h3-12,17,24H,13-16,18H2,1-2H3,(H,26,29)/t24-/m0/s1. The van der Waals surface area contributed by atoms with Crippen LogP contribution in [0.2, 0.25) is 0 Å². The SMILES string of the molecule is CN(C)c1ccc([C@H](CNC(=O)c2ccc3ccccc3c2)N2CCOCC2)cc1. The molecule has 1 atom stereocenters. The Morgan fingerprint density at radius 2 is 1.70 bits per heavy atom. The van der Waals surface area contributed by atoms with Crippen molar-refractivity contribution in [3.05, 3.63) is 77.9 Å². The highest BCUT2D eigenvalue weighted by Crippen LogP contribution is 2.24. The highest BCUT2D eigenvalue weighted by Gasteiger charge is 2.23. The molecule has 1 heterocycles. The van der Waals surface area contributed by atoms with E-state index in [2.05, 4.69) is 45.4 Å². The van der Waals surface area contributed by atoms with E-state index in [0.29, 0.717) is 12.1 Å². The number of benzene rings is 3. The molecule has 0 saturated carbocycles. The van der Waals surface area contributed by atoms with E-state index in [-0.39, 0.29) is 11.9 Å². The summed E-state index contributed by atoms with van der Waals surface area (Å²) in [5.74, 6) is -0.0380. The van der Waals surface area contributed by atoms with Crippen molar-refractivity contribution >= 4 is 22.4 Å². The summed E-state index contributed by atoms with van der Waals surface area (Å²) in [7, 11) is 4.08. The Morgan fingerprint density at radius 3 is 2.40 bits per heavy atom. The van der Waals surface area contributed by atoms with Crippen LogP contribution in [0.3, 0.4) is 0 Å². The summed E-state index contributed by atoms with van der Waals surface area (Å²) in [5.41, 5.74) is 3.07. The van der Waals surface area contributed by atoms with E-state index in [4.69, 9.17) is 4.74 Å². The number of hydrogen-bond donors (Lipinski definition) is 1. The average Bonchev–Trinajstić information content (AvgIpc) is 2.79. The van der Waals surface area contributed by atoms with E-state index in [1.165, 1.54) is 11.3 Å². The monoisotopic (exact) mass is 403 g/mol. The Hall–Kier alpha value is -2.89. The molecule has 3 aromatic carbocycles. The molecule has 1 aliphatic rings. The first-order valence-corrected chi connectivity index (χ1v) is 10.5. The second kappa shape index (κ2) is 9.28. The maximum atomic E-state index is 12.9. The number of carbonyl (C=O) groups is 1. The third-order valence-electron chi connectivity index (χ3n) is 5.75. The van der Waals surface area contributed by atoms with Gasteiger partial charge in [0.15, 0.2) is 0 Å². The normalized spacial score (nSPS) is 15.7. The first kappa shape index (κ1) is 20.4. The average molecular weight is 404 g/mol. The first-order valence-electron chi connectivity index (χ1n) is 10.5. The van der Waals surface area contributed by atoms with Crippen LogP contribution in [0.15, 0.2) is 66.7 Å². The third-order valence-corrected chi connectivity index (χ3v) is 5.75. The molecule has 156 valence electrons. The van der Waals surface area contributed by atoms with Crippen LogP contribution in [0.4, 0.5) is 5.69 Å². The fourth-order valence-electron chi connectivity index (χ4n) is 3.96. The van der Waals surface area contributed by atoms with Gasteiger partial charge in [-0.15, -0.1) is 0 Å². The van der Waals surface area contributed by atoms with Crippen LogP contribution >= 0.6 is 0 Å². The summed E-state index contributed by atoms with van der Waals surface area (Å²) in [4.78, 5) is 17.4. The number of nitrogens with one attached hydrogen (secondary N) is 1. The van der Waals surface area contributed by atoms with Crippen molar-refractivity contribution < 1.29 is 9.53 Å². The number of anilines is 1. The molecular formula is C25H29N3O2. The molecule has 1 saturated heterocycles. The zero-order valence-electron chi connectivity index (χ0n) is 17.7. The van der Waals surface area contributed by atoms with Crippen molar-refractivity contribution in [1.82, 2.24) is 10.2 Å². The van der Waals surface area contributed by atoms with Gasteiger partial charge in [0.2, 0.25) is 0 Å². The minimum absolute atomic E-state index is 0.0380. The Kier molecular flexibility index (Phi) is 6.31. The lowest BCUT2D eigenvalue weighted by Gasteiger charge is -2.35. The fraction of sp³-hybridized carbons (Fsp3) is 0.320. The number of amides is 1. The molecule has 5 nitrogen and oxygen atoms in total. The van der Waals surface area contributed by atoms with Crippen LogP contribution in [0.25, 0.3) is 10.8 Å². The van der Waals surface area contributed by atoms with Crippen LogP contribution in [0.5, 0.6) is 0 Å². The second-order valence-electron chi connectivity index (χ2n) is 7.92. The molecule has 3 aromatic rings. The first-order chi connectivity index (χ1) is 14.6. The maximum Gasteiger partial charge on any atom is 0.251 e. The van der Waals surface area contributed by atoms with Gasteiger partial charge in [0, 0.05) is 45.0 Å². The number of morpholine rings is 1. The van der Waals surface area contributed by atoms with Gasteiger partial charge in [0.25, 0.3) is 5.91 Å². The molecule has 0 unspecified atom stereocenters. The second-order valence-corrected chi connectivity index (χ2v) is 7.92. The zero-order valence-corrected chi connectivity index (χ0v) is 17.7. The van der Waals surface area contributed by atoms with Crippen molar-refractivity contribution in [1.29, 1.82) is 0 Å². The lowest BCUT2D eigenvalue weighted by Crippen LogP contribution is -2.43. The smallest absolute Gasteiger partial charge is 0.251 e. The van der Waals surface area contributed by atoms with Gasteiger partial charge in [-0.25, -0.2) is 0 Å². The van der Waals surface area contributed by atoms with Crippen molar-refractivity contribution in [2.45, 2.75) is 6.04 Å². The van der Waals surface area contributed by atoms with Crippen LogP contribution < -0.4 is 10.2 Å². The van der Waals surface area contributed by atoms with Crippen LogP contribution in [0.1, 0.15) is 22.0 Å². The summed E-state index contributed by atoms with van der Waals surface area (Å²) in [6.07, 6.45) is 0. The van der Waals surface area contributed by atoms with E-state index in [1.54, 1.807) is 0 Å². The minimum atomic E-state index is -0.0380. The van der Waals surface area contributed by atoms with Gasteiger partial charge in [0.1, 0.15) is 0 Å². The van der Waals surface area contributed by atoms with Gasteiger partial charge >= 0.3 is 0 Å². The van der Waals surface area contributed by atoms with Crippen molar-refractivity contribution in [3.8, 4) is 0 Å². The lowest BCUT2D eigenvalue weighted by molar-refractivity contribution is 0.0162. The predicted octanol–water partition coefficient (Wildman–Crippen LogP) is 3.71. The highest BCUT2D eigenvalue weighted by atomic mass is 16.5. The molecule has 0 aromatic heterocycles. The predicted molar refractivity (Wildman–Crippen MR) is 122 cm³/mol. The van der Waals surface area contributed by atoms with E-state index >= 15 is 0 Å². The topological polar surface area (TPSA) is 44.8 Å². The number of ether oxygens (including phenoxy) is 1. The number of fused-ring (bicyclic) bond motifs is 1. The highest BCUT2D eigenvalue weighted by molar-refractivity contribution is 5.98. The van der Waals surface area contributed by atoms with Crippen LogP contribution in [-0.4, -0.2) is 57.8 Å². The quantitative estimate of drug-likeness (QED) is 0.682. The Morgan fingerprint density at radius 1 is 1.00 bits per heavy atom. The van der Waals surface area contributed by atoms with Gasteiger partial charge in [-0.3, -0.25) is 9.69 Å². The Bertz CT molecular complexity index is 995. The summed E-state index contributed by atoms with van der Waals surface area (Å²) >= 11 is 0. The van der Waals surface area contributed by atoms with Crippen LogP contribution in [0, 0.1) is 0 Å². The van der Waals surface area contributed by atoms with E-state index in [1.807, 2.05) is 50.5 Å². The van der Waals surface area contributed by atoms with E-state index in [0.717, 1.165) is 37.1 Å². The largest absolute Gasteiger partial charge is 0.379 e. The Balaban J connectivity index is 1.51. The number of rotatable bonds is 6. The molecule has 1 aliphatic heterocycles. The zero-order chi connectivity index (χ0) is 20.9. The van der Waals surface area contributed by atoms with Crippen LogP contribution in [-0.2, 0) is 4.74 Å². The van der Waals surface area contributed by atoms with E-state index in [9.17, 15) is 4.79 Å². The molecule has 5 heteroatoms. The molecule has 4 rings (SSSR count). The van der Waals surface area contributed by atoms with Crippen molar-refractivity contribution in [3.63, 3.8) is 0 Å². The molecule has 1 N–H and O–H groups in total. The number of carbonyl (C=O) groups excluding carboxylic acids is 1. The molecule has 1 fully saturated rings. The summed E-state index contributed by atoms with van der Waals surface area (Å²) in [6, 6.07) is 22.7.